The van der Waals surface area contributed by atoms with E-state index in [1.54, 1.807) is 0 Å². The lowest BCUT2D eigenvalue weighted by Crippen LogP contribution is -2.58. The van der Waals surface area contributed by atoms with Gasteiger partial charge in [-0.3, -0.25) is 9.69 Å². The minimum atomic E-state index is -1.99. The summed E-state index contributed by atoms with van der Waals surface area (Å²) in [5, 5.41) is 41.4. The zero-order chi connectivity index (χ0) is 19.1. The summed E-state index contributed by atoms with van der Waals surface area (Å²) >= 11 is 4.40. The molecule has 0 spiro atoms. The fraction of sp³-hybridized carbons (Fsp3) is 0.417. The van der Waals surface area contributed by atoms with Gasteiger partial charge in [0.15, 0.2) is 10.9 Å². The Morgan fingerprint density at radius 1 is 1.42 bits per heavy atom. The summed E-state index contributed by atoms with van der Waals surface area (Å²) < 4.78 is 1.19. The highest BCUT2D eigenvalue weighted by atomic mass is 32.3. The summed E-state index contributed by atoms with van der Waals surface area (Å²) in [6.45, 7) is -0.382. The minimum absolute atomic E-state index is 0.0849. The fourth-order valence-corrected chi connectivity index (χ4v) is 7.39. The van der Waals surface area contributed by atoms with Gasteiger partial charge in [-0.05, 0) is 16.5 Å². The molecule has 2 atom stereocenters. The first-order chi connectivity index (χ1) is 12.4. The Hall–Kier alpha value is -2.61. The van der Waals surface area contributed by atoms with Gasteiger partial charge in [0.1, 0.15) is 5.70 Å². The van der Waals surface area contributed by atoms with Crippen molar-refractivity contribution in [1.82, 2.24) is 25.1 Å². The number of nitrogens with zero attached hydrogens (tertiary/aromatic N) is 6. The molecule has 2 aliphatic rings. The van der Waals surface area contributed by atoms with E-state index in [-0.39, 0.29) is 35.4 Å². The van der Waals surface area contributed by atoms with Gasteiger partial charge in [-0.15, -0.1) is 15.1 Å². The van der Waals surface area contributed by atoms with Gasteiger partial charge in [-0.25, -0.2) is 14.3 Å². The largest absolute Gasteiger partial charge is 0.477 e. The van der Waals surface area contributed by atoms with Crippen LogP contribution in [0.5, 0.6) is 0 Å². The number of aliphatic carboxylic acids is 2. The lowest BCUT2D eigenvalue weighted by atomic mass is 10.1. The summed E-state index contributed by atoms with van der Waals surface area (Å²) in [5.74, 6) is -2.66. The second-order valence-electron chi connectivity index (χ2n) is 5.53. The number of aromatic nitrogens is 4. The molecule has 3 heterocycles. The normalized spacial score (nSPS) is 27.8. The number of carbonyl (C=O) groups is 3. The number of β-lactam (4-membered cyclic amide) rings is 1. The molecule has 0 aromatic carbocycles. The van der Waals surface area contributed by atoms with Crippen molar-refractivity contribution < 1.29 is 29.8 Å². The molecule has 0 radical (unpaired) electrons. The van der Waals surface area contributed by atoms with E-state index in [2.05, 4.69) is 33.3 Å². The first kappa shape index (κ1) is 18.2. The summed E-state index contributed by atoms with van der Waals surface area (Å²) in [6.07, 6.45) is 1.58. The number of carboxylic acid groups (broad SMARTS) is 2. The van der Waals surface area contributed by atoms with Crippen molar-refractivity contribution in [2.24, 2.45) is 5.16 Å². The highest BCUT2D eigenvalue weighted by molar-refractivity contribution is 8.38. The van der Waals surface area contributed by atoms with Gasteiger partial charge in [0.2, 0.25) is 5.91 Å². The molecule has 3 N–H and O–H groups in total. The quantitative estimate of drug-likeness (QED) is 0.156. The molecule has 0 saturated carbocycles. The second-order valence-corrected chi connectivity index (χ2v) is 9.69. The van der Waals surface area contributed by atoms with Crippen LogP contribution in [0.3, 0.4) is 0 Å². The van der Waals surface area contributed by atoms with Crippen molar-refractivity contribution in [1.29, 1.82) is 0 Å². The van der Waals surface area contributed by atoms with Crippen LogP contribution >= 0.6 is 22.7 Å². The Balaban J connectivity index is 2.03. The average molecular weight is 402 g/mol. The molecule has 2 unspecified atom stereocenters. The van der Waals surface area contributed by atoms with Crippen molar-refractivity contribution in [3.05, 3.63) is 11.8 Å². The first-order valence-electron chi connectivity index (χ1n) is 7.20. The van der Waals surface area contributed by atoms with Crippen LogP contribution in [0.4, 0.5) is 0 Å². The Morgan fingerprint density at radius 3 is 2.69 bits per heavy atom. The summed E-state index contributed by atoms with van der Waals surface area (Å²) in [6, 6.07) is 0. The standard InChI is InChI=1S/C12H14N6O6S2/c19-8-3-9-18(8)7(11(22)23)1-2-26(9,5-25)12-13-15-16-17(12)4-6(14-24)10(20)21/h1,9,24-25H,2-5H2,(H,20,21)(H,22,23)/b14-6-. The molecule has 3 rings (SSSR count). The van der Waals surface area contributed by atoms with Crippen LogP contribution in [0.1, 0.15) is 6.42 Å². The van der Waals surface area contributed by atoms with Gasteiger partial charge in [0.25, 0.3) is 0 Å². The van der Waals surface area contributed by atoms with Gasteiger partial charge in [-0.1, -0.05) is 5.16 Å². The molecule has 140 valence electrons. The predicted octanol–water partition coefficient (Wildman–Crippen LogP) is -0.821. The zero-order valence-corrected chi connectivity index (χ0v) is 14.8. The van der Waals surface area contributed by atoms with Crippen molar-refractivity contribution in [2.75, 3.05) is 10.8 Å². The third kappa shape index (κ3) is 2.61. The number of carboxylic acids is 2. The topological polar surface area (TPSA) is 171 Å². The van der Waals surface area contributed by atoms with Crippen molar-refractivity contribution >= 4 is 46.2 Å². The highest BCUT2D eigenvalue weighted by Gasteiger charge is 2.54. The van der Waals surface area contributed by atoms with Gasteiger partial charge >= 0.3 is 11.9 Å². The second kappa shape index (κ2) is 6.60. The van der Waals surface area contributed by atoms with Crippen LogP contribution in [0.15, 0.2) is 22.1 Å². The van der Waals surface area contributed by atoms with E-state index >= 15 is 0 Å². The van der Waals surface area contributed by atoms with Crippen LogP contribution in [0, 0.1) is 0 Å². The number of rotatable bonds is 6. The van der Waals surface area contributed by atoms with E-state index in [0.29, 0.717) is 5.16 Å². The van der Waals surface area contributed by atoms with E-state index in [0.717, 1.165) is 0 Å². The van der Waals surface area contributed by atoms with Crippen LogP contribution in [0.2, 0.25) is 0 Å². The number of fused-ring (bicyclic) bond motifs is 1. The average Bonchev–Trinajstić information content (AvgIpc) is 3.06. The molecule has 1 fully saturated rings. The number of tetrazole rings is 1. The van der Waals surface area contributed by atoms with Crippen LogP contribution in [0.25, 0.3) is 0 Å². The molecular weight excluding hydrogens is 388 g/mol. The van der Waals surface area contributed by atoms with E-state index in [1.165, 1.54) is 15.7 Å². The van der Waals surface area contributed by atoms with Gasteiger partial charge in [0, 0.05) is 10.8 Å². The SMILES string of the molecule is O=C(O)C1=CCS(CS)(c2nnnn2C/C(=N/O)C(=O)O)C2CC(=O)N12. The molecule has 1 amide bonds. The number of oxime groups is 1. The van der Waals surface area contributed by atoms with Crippen LogP contribution in [-0.2, 0) is 20.9 Å². The van der Waals surface area contributed by atoms with Gasteiger partial charge in [0.05, 0.1) is 18.3 Å². The van der Waals surface area contributed by atoms with E-state index in [4.69, 9.17) is 10.3 Å². The maximum atomic E-state index is 12.0. The molecule has 0 bridgehead atoms. The molecular formula is C12H14N6O6S2. The van der Waals surface area contributed by atoms with E-state index in [1.807, 2.05) is 0 Å². The van der Waals surface area contributed by atoms with Gasteiger partial charge in [-0.2, -0.15) is 12.6 Å². The zero-order valence-electron chi connectivity index (χ0n) is 13.1. The van der Waals surface area contributed by atoms with E-state index in [9.17, 15) is 19.5 Å². The Kier molecular flexibility index (Phi) is 4.62. The van der Waals surface area contributed by atoms with Crippen LogP contribution < -0.4 is 0 Å². The Labute approximate surface area is 152 Å². The van der Waals surface area contributed by atoms with Crippen molar-refractivity contribution in [2.45, 2.75) is 23.5 Å². The third-order valence-corrected chi connectivity index (χ3v) is 9.28. The molecule has 26 heavy (non-hydrogen) atoms. The molecule has 1 aromatic heterocycles. The van der Waals surface area contributed by atoms with Crippen molar-refractivity contribution in [3.63, 3.8) is 0 Å². The van der Waals surface area contributed by atoms with Crippen LogP contribution in [-0.4, -0.2) is 80.3 Å². The molecule has 2 aliphatic heterocycles. The maximum absolute atomic E-state index is 12.0. The number of hydrogen-bond donors (Lipinski definition) is 4. The predicted molar refractivity (Wildman–Crippen MR) is 90.2 cm³/mol. The lowest BCUT2D eigenvalue weighted by molar-refractivity contribution is -0.146. The third-order valence-electron chi connectivity index (χ3n) is 4.24. The lowest BCUT2D eigenvalue weighted by Gasteiger charge is -2.55. The van der Waals surface area contributed by atoms with Crippen molar-refractivity contribution in [3.8, 4) is 0 Å². The molecule has 0 aliphatic carbocycles. The number of thiol groups is 1. The molecule has 1 aromatic rings. The number of hydrogen-bond acceptors (Lipinski definition) is 9. The fourth-order valence-electron chi connectivity index (χ4n) is 2.93. The molecule has 1 saturated heterocycles. The number of carbonyl (C=O) groups excluding carboxylic acids is 1. The van der Waals surface area contributed by atoms with E-state index < -0.39 is 33.1 Å². The Bertz CT molecular complexity index is 853. The first-order valence-corrected chi connectivity index (χ1v) is 9.86. The molecule has 12 nitrogen and oxygen atoms in total. The smallest absolute Gasteiger partial charge is 0.355 e. The molecule has 14 heteroatoms. The maximum Gasteiger partial charge on any atom is 0.355 e. The Morgan fingerprint density at radius 2 is 2.15 bits per heavy atom. The summed E-state index contributed by atoms with van der Waals surface area (Å²) in [7, 11) is -1.99. The summed E-state index contributed by atoms with van der Waals surface area (Å²) in [4.78, 5) is 35.6. The minimum Gasteiger partial charge on any atom is -0.477 e. The highest BCUT2D eigenvalue weighted by Crippen LogP contribution is 2.66. The monoisotopic (exact) mass is 402 g/mol. The van der Waals surface area contributed by atoms with Gasteiger partial charge < -0.3 is 15.4 Å². The summed E-state index contributed by atoms with van der Waals surface area (Å²) in [5.41, 5.74) is -0.648. The number of amides is 1.